The zero-order valence-electron chi connectivity index (χ0n) is 18.9. The Labute approximate surface area is 203 Å². The van der Waals surface area contributed by atoms with Crippen molar-refractivity contribution < 1.29 is 14.2 Å². The second-order valence-electron chi connectivity index (χ2n) is 6.75. The van der Waals surface area contributed by atoms with E-state index in [9.17, 15) is 0 Å². The van der Waals surface area contributed by atoms with Gasteiger partial charge in [-0.05, 0) is 43.0 Å². The summed E-state index contributed by atoms with van der Waals surface area (Å²) in [6.07, 6.45) is 0.864. The van der Waals surface area contributed by atoms with Crippen LogP contribution in [0.1, 0.15) is 30.5 Å². The van der Waals surface area contributed by atoms with Gasteiger partial charge in [0.2, 0.25) is 0 Å². The number of nitrogens with zero attached hydrogens (tertiary/aromatic N) is 1. The van der Waals surface area contributed by atoms with Crippen molar-refractivity contribution in [1.29, 1.82) is 0 Å². The van der Waals surface area contributed by atoms with E-state index in [1.54, 1.807) is 7.11 Å². The lowest BCUT2D eigenvalue weighted by atomic mass is 10.1. The van der Waals surface area contributed by atoms with Gasteiger partial charge >= 0.3 is 0 Å². The maximum Gasteiger partial charge on any atom is 0.191 e. The van der Waals surface area contributed by atoms with Crippen LogP contribution in [0.2, 0.25) is 0 Å². The number of benzene rings is 2. The van der Waals surface area contributed by atoms with Gasteiger partial charge in [-0.2, -0.15) is 0 Å². The summed E-state index contributed by atoms with van der Waals surface area (Å²) in [4.78, 5) is 4.72. The highest BCUT2D eigenvalue weighted by Gasteiger charge is 2.03. The molecule has 2 aromatic rings. The van der Waals surface area contributed by atoms with Crippen LogP contribution in [0.25, 0.3) is 0 Å². The highest BCUT2D eigenvalue weighted by Crippen LogP contribution is 2.17. The average Bonchev–Trinajstić information content (AvgIpc) is 2.78. The fourth-order valence-electron chi connectivity index (χ4n) is 3.01. The maximum atomic E-state index is 5.66. The zero-order valence-corrected chi connectivity index (χ0v) is 21.2. The number of rotatable bonds is 13. The number of hydrogen-bond donors (Lipinski definition) is 2. The molecule has 0 amide bonds. The van der Waals surface area contributed by atoms with E-state index in [-0.39, 0.29) is 24.0 Å². The third-order valence-corrected chi connectivity index (χ3v) is 4.48. The van der Waals surface area contributed by atoms with Crippen LogP contribution in [0.15, 0.2) is 53.5 Å². The highest BCUT2D eigenvalue weighted by atomic mass is 127. The lowest BCUT2D eigenvalue weighted by Gasteiger charge is -2.13. The van der Waals surface area contributed by atoms with Crippen LogP contribution in [0, 0.1) is 0 Å². The fraction of sp³-hybridized carbons (Fsp3) is 0.458. The van der Waals surface area contributed by atoms with Gasteiger partial charge in [0.25, 0.3) is 0 Å². The molecule has 0 atom stereocenters. The predicted octanol–water partition coefficient (Wildman–Crippen LogP) is 4.16. The zero-order chi connectivity index (χ0) is 21.4. The molecule has 2 rings (SSSR count). The molecule has 0 radical (unpaired) electrons. The molecule has 0 aliphatic heterocycles. The van der Waals surface area contributed by atoms with Crippen molar-refractivity contribution in [3.05, 3.63) is 65.2 Å². The molecule has 0 unspecified atom stereocenters. The number of methoxy groups -OCH3 is 1. The first kappa shape index (κ1) is 27.2. The van der Waals surface area contributed by atoms with E-state index >= 15 is 0 Å². The minimum absolute atomic E-state index is 0. The van der Waals surface area contributed by atoms with Gasteiger partial charge in [0, 0.05) is 19.7 Å². The molecule has 0 saturated heterocycles. The second kappa shape index (κ2) is 16.8. The van der Waals surface area contributed by atoms with Crippen molar-refractivity contribution in [3.8, 4) is 5.75 Å². The van der Waals surface area contributed by atoms with Crippen molar-refractivity contribution in [2.75, 3.05) is 40.0 Å². The van der Waals surface area contributed by atoms with Gasteiger partial charge in [-0.25, -0.2) is 4.99 Å². The normalized spacial score (nSPS) is 11.0. The van der Waals surface area contributed by atoms with Gasteiger partial charge in [-0.3, -0.25) is 0 Å². The highest BCUT2D eigenvalue weighted by molar-refractivity contribution is 14.0. The van der Waals surface area contributed by atoms with Crippen molar-refractivity contribution in [1.82, 2.24) is 10.6 Å². The third-order valence-electron chi connectivity index (χ3n) is 4.48. The quantitative estimate of drug-likeness (QED) is 0.173. The van der Waals surface area contributed by atoms with E-state index < -0.39 is 0 Å². The Bertz CT molecular complexity index is 771. The van der Waals surface area contributed by atoms with E-state index in [0.29, 0.717) is 26.4 Å². The number of nitrogens with one attached hydrogen (secondary N) is 2. The van der Waals surface area contributed by atoms with Crippen LogP contribution >= 0.6 is 24.0 Å². The summed E-state index contributed by atoms with van der Waals surface area (Å²) in [5.41, 5.74) is 3.48. The maximum absolute atomic E-state index is 5.66. The van der Waals surface area contributed by atoms with Gasteiger partial charge in [-0.1, -0.05) is 42.5 Å². The monoisotopic (exact) mass is 541 g/mol. The van der Waals surface area contributed by atoms with Crippen molar-refractivity contribution in [3.63, 3.8) is 0 Å². The summed E-state index contributed by atoms with van der Waals surface area (Å²) in [5, 5.41) is 6.71. The number of hydrogen-bond acceptors (Lipinski definition) is 4. The Kier molecular flexibility index (Phi) is 14.7. The summed E-state index contributed by atoms with van der Waals surface area (Å²) in [6, 6.07) is 16.5. The van der Waals surface area contributed by atoms with Crippen LogP contribution in [0.5, 0.6) is 5.75 Å². The summed E-state index contributed by atoms with van der Waals surface area (Å²) in [7, 11) is 1.70. The first-order valence-corrected chi connectivity index (χ1v) is 10.6. The largest absolute Gasteiger partial charge is 0.496 e. The third kappa shape index (κ3) is 10.8. The Morgan fingerprint density at radius 3 is 2.48 bits per heavy atom. The molecule has 0 bridgehead atoms. The Balaban J connectivity index is 0.00000480. The minimum atomic E-state index is 0. The number of para-hydroxylation sites is 1. The molecule has 31 heavy (non-hydrogen) atoms. The molecule has 0 fully saturated rings. The Morgan fingerprint density at radius 1 is 0.935 bits per heavy atom. The minimum Gasteiger partial charge on any atom is -0.496 e. The van der Waals surface area contributed by atoms with Crippen molar-refractivity contribution in [2.45, 2.75) is 33.4 Å². The number of aliphatic imine (C=N–C) groups is 1. The topological polar surface area (TPSA) is 64.1 Å². The molecule has 2 aromatic carbocycles. The molecule has 0 spiro atoms. The van der Waals surface area contributed by atoms with Crippen molar-refractivity contribution in [2.24, 2.45) is 4.99 Å². The number of guanidine groups is 1. The summed E-state index contributed by atoms with van der Waals surface area (Å²) < 4.78 is 16.4. The van der Waals surface area contributed by atoms with Crippen LogP contribution in [-0.4, -0.2) is 46.0 Å². The smallest absolute Gasteiger partial charge is 0.191 e. The fourth-order valence-corrected chi connectivity index (χ4v) is 3.01. The van der Waals surface area contributed by atoms with Gasteiger partial charge in [0.15, 0.2) is 5.96 Å². The lowest BCUT2D eigenvalue weighted by molar-refractivity contribution is 0.0453. The van der Waals surface area contributed by atoms with E-state index in [2.05, 4.69) is 41.8 Å². The second-order valence-corrected chi connectivity index (χ2v) is 6.75. The average molecular weight is 541 g/mol. The van der Waals surface area contributed by atoms with Crippen LogP contribution in [0.4, 0.5) is 0 Å². The SMILES string of the molecule is CCNC(=NCc1cccc(COCCOCC)c1)NCCc1ccccc1OC.I. The molecule has 6 nitrogen and oxygen atoms in total. The molecule has 0 aliphatic carbocycles. The van der Waals surface area contributed by atoms with Crippen LogP contribution < -0.4 is 15.4 Å². The Morgan fingerprint density at radius 2 is 1.71 bits per heavy atom. The van der Waals surface area contributed by atoms with E-state index in [4.69, 9.17) is 19.2 Å². The lowest BCUT2D eigenvalue weighted by Crippen LogP contribution is -2.38. The van der Waals surface area contributed by atoms with Crippen LogP contribution in [0.3, 0.4) is 0 Å². The van der Waals surface area contributed by atoms with Crippen molar-refractivity contribution >= 4 is 29.9 Å². The molecule has 0 aromatic heterocycles. The summed E-state index contributed by atoms with van der Waals surface area (Å²) in [5.74, 6) is 1.73. The van der Waals surface area contributed by atoms with Gasteiger partial charge in [0.05, 0.1) is 33.5 Å². The molecular formula is C24H36IN3O3. The van der Waals surface area contributed by atoms with Gasteiger partial charge in [0.1, 0.15) is 5.75 Å². The molecular weight excluding hydrogens is 505 g/mol. The summed E-state index contributed by atoms with van der Waals surface area (Å²) in [6.45, 7) is 8.80. The molecule has 0 aliphatic rings. The van der Waals surface area contributed by atoms with E-state index in [1.165, 1.54) is 5.56 Å². The van der Waals surface area contributed by atoms with E-state index in [1.807, 2.05) is 31.2 Å². The van der Waals surface area contributed by atoms with Gasteiger partial charge < -0.3 is 24.8 Å². The molecule has 172 valence electrons. The first-order chi connectivity index (χ1) is 14.8. The number of halogens is 1. The standard InChI is InChI=1S/C24H35N3O3.HI/c1-4-25-24(26-14-13-22-11-6-7-12-23(22)28-3)27-18-20-9-8-10-21(17-20)19-30-16-15-29-5-2;/h6-12,17H,4-5,13-16,18-19H2,1-3H3,(H2,25,26,27);1H. The number of ether oxygens (including phenoxy) is 3. The van der Waals surface area contributed by atoms with Gasteiger partial charge in [-0.15, -0.1) is 24.0 Å². The summed E-state index contributed by atoms with van der Waals surface area (Å²) >= 11 is 0. The molecule has 0 heterocycles. The Hall–Kier alpha value is -1.84. The molecule has 2 N–H and O–H groups in total. The molecule has 0 saturated carbocycles. The van der Waals surface area contributed by atoms with E-state index in [0.717, 1.165) is 49.0 Å². The first-order valence-electron chi connectivity index (χ1n) is 10.6. The predicted molar refractivity (Wildman–Crippen MR) is 138 cm³/mol. The molecule has 7 heteroatoms. The van der Waals surface area contributed by atoms with Crippen LogP contribution in [-0.2, 0) is 29.0 Å².